The average molecular weight is 445 g/mol. The third-order valence-corrected chi connectivity index (χ3v) is 5.75. The molecule has 3 unspecified atom stereocenters. The van der Waals surface area contributed by atoms with Gasteiger partial charge in [-0.25, -0.2) is 0 Å². The van der Waals surface area contributed by atoms with E-state index in [1.54, 1.807) is 17.7 Å². The molecule has 1 aromatic carbocycles. The Morgan fingerprint density at radius 2 is 1.34 bits per heavy atom. The van der Waals surface area contributed by atoms with Crippen molar-refractivity contribution in [3.8, 4) is 0 Å². The molecule has 0 radical (unpaired) electrons. The lowest BCUT2D eigenvalue weighted by Crippen LogP contribution is -2.37. The molecule has 1 saturated carbocycles. The Labute approximate surface area is 205 Å². The van der Waals surface area contributed by atoms with Crippen molar-refractivity contribution in [1.29, 1.82) is 0 Å². The predicted molar refractivity (Wildman–Crippen MR) is 155 cm³/mol. The van der Waals surface area contributed by atoms with Crippen LogP contribution in [0.5, 0.6) is 0 Å². The van der Waals surface area contributed by atoms with Crippen LogP contribution in [0.4, 0.5) is 0 Å². The van der Waals surface area contributed by atoms with Gasteiger partial charge >= 0.3 is 0 Å². The number of hydrogen-bond donors (Lipinski definition) is 0. The maximum atomic E-state index is 3.36. The molecule has 1 aliphatic rings. The van der Waals surface area contributed by atoms with Gasteiger partial charge in [-0.1, -0.05) is 143 Å². The fraction of sp³-hybridized carbons (Fsp3) is 0.625. The van der Waals surface area contributed by atoms with Crippen LogP contribution >= 0.6 is 0 Å². The summed E-state index contributed by atoms with van der Waals surface area (Å²) in [4.78, 5) is 0. The van der Waals surface area contributed by atoms with Gasteiger partial charge in [0.05, 0.1) is 0 Å². The molecule has 3 atom stereocenters. The molecule has 2 rings (SSSR count). The first-order valence-corrected chi connectivity index (χ1v) is 13.3. The van der Waals surface area contributed by atoms with Gasteiger partial charge < -0.3 is 0 Å². The lowest BCUT2D eigenvalue weighted by Gasteiger charge is -2.45. The summed E-state index contributed by atoms with van der Waals surface area (Å²) in [7, 11) is 0. The molecule has 0 heteroatoms. The molecule has 0 aliphatic heterocycles. The minimum atomic E-state index is 0.349. The van der Waals surface area contributed by atoms with Crippen LogP contribution in [0.15, 0.2) is 67.3 Å². The first kappa shape index (κ1) is 37.7. The van der Waals surface area contributed by atoms with Crippen LogP contribution in [0.25, 0.3) is 0 Å². The molecule has 0 bridgehead atoms. The van der Waals surface area contributed by atoms with Crippen molar-refractivity contribution in [2.24, 2.45) is 17.8 Å². The summed E-state index contributed by atoms with van der Waals surface area (Å²) in [6, 6.07) is 11.1. The second-order valence-electron chi connectivity index (χ2n) is 7.69. The van der Waals surface area contributed by atoms with Crippen molar-refractivity contribution in [3.63, 3.8) is 0 Å². The van der Waals surface area contributed by atoms with Crippen molar-refractivity contribution in [2.75, 3.05) is 0 Å². The zero-order valence-electron chi connectivity index (χ0n) is 24.4. The van der Waals surface area contributed by atoms with Gasteiger partial charge in [-0.3, -0.25) is 0 Å². The van der Waals surface area contributed by atoms with E-state index in [9.17, 15) is 0 Å². The molecule has 0 amide bonds. The third kappa shape index (κ3) is 14.5. The highest BCUT2D eigenvalue weighted by Crippen LogP contribution is 2.48. The zero-order chi connectivity index (χ0) is 26.2. The molecule has 0 spiro atoms. The summed E-state index contributed by atoms with van der Waals surface area (Å²) in [5.41, 5.74) is 3.46. The number of benzene rings is 1. The highest BCUT2D eigenvalue weighted by molar-refractivity contribution is 5.27. The van der Waals surface area contributed by atoms with Crippen molar-refractivity contribution < 1.29 is 0 Å². The van der Waals surface area contributed by atoms with E-state index in [1.807, 2.05) is 55.4 Å². The summed E-state index contributed by atoms with van der Waals surface area (Å²) >= 11 is 0. The van der Waals surface area contributed by atoms with E-state index >= 15 is 0 Å². The van der Waals surface area contributed by atoms with Crippen molar-refractivity contribution >= 4 is 0 Å². The normalized spacial score (nSPS) is 21.1. The molecule has 0 nitrogen and oxygen atoms in total. The van der Waals surface area contributed by atoms with E-state index in [1.165, 1.54) is 24.8 Å². The molecule has 0 heterocycles. The van der Waals surface area contributed by atoms with Crippen LogP contribution in [0.1, 0.15) is 115 Å². The first-order chi connectivity index (χ1) is 15.4. The quantitative estimate of drug-likeness (QED) is 0.320. The van der Waals surface area contributed by atoms with E-state index in [4.69, 9.17) is 0 Å². The Kier molecular flexibility index (Phi) is 30.3. The molecule has 0 N–H and O–H groups in total. The Morgan fingerprint density at radius 3 is 1.69 bits per heavy atom. The van der Waals surface area contributed by atoms with Gasteiger partial charge in [0, 0.05) is 0 Å². The smallest absolute Gasteiger partial charge is 0.00694 e. The second kappa shape index (κ2) is 25.7. The summed E-state index contributed by atoms with van der Waals surface area (Å²) in [5.74, 6) is 2.39. The van der Waals surface area contributed by atoms with Crippen LogP contribution in [-0.4, -0.2) is 0 Å². The van der Waals surface area contributed by atoms with Gasteiger partial charge in [0.1, 0.15) is 0 Å². The maximum Gasteiger partial charge on any atom is -0.00694 e. The van der Waals surface area contributed by atoms with Gasteiger partial charge in [0.25, 0.3) is 0 Å². The molecular formula is C32H60. The molecule has 0 saturated heterocycles. The van der Waals surface area contributed by atoms with Crippen molar-refractivity contribution in [1.82, 2.24) is 0 Å². The van der Waals surface area contributed by atoms with Crippen LogP contribution in [0.2, 0.25) is 0 Å². The minimum Gasteiger partial charge on any atom is -0.0991 e. The van der Waals surface area contributed by atoms with Crippen molar-refractivity contribution in [2.45, 2.75) is 115 Å². The van der Waals surface area contributed by atoms with Crippen LogP contribution in [0.3, 0.4) is 0 Å². The summed E-state index contributed by atoms with van der Waals surface area (Å²) in [6.07, 6.45) is 9.60. The summed E-state index contributed by atoms with van der Waals surface area (Å²) in [6.45, 7) is 34.5. The van der Waals surface area contributed by atoms with Gasteiger partial charge in [-0.05, 0) is 61.8 Å². The Balaban J connectivity index is -0.000000279. The van der Waals surface area contributed by atoms with E-state index < -0.39 is 0 Å². The monoisotopic (exact) mass is 444 g/mol. The van der Waals surface area contributed by atoms with Gasteiger partial charge in [-0.15, -0.1) is 0 Å². The van der Waals surface area contributed by atoms with E-state index in [0.717, 1.165) is 17.8 Å². The first-order valence-electron chi connectivity index (χ1n) is 13.3. The predicted octanol–water partition coefficient (Wildman–Crippen LogP) is 11.4. The Morgan fingerprint density at radius 1 is 0.906 bits per heavy atom. The lowest BCUT2D eigenvalue weighted by molar-refractivity contribution is 0.145. The van der Waals surface area contributed by atoms with E-state index in [2.05, 4.69) is 84.2 Å². The third-order valence-electron chi connectivity index (χ3n) is 5.75. The molecule has 32 heavy (non-hydrogen) atoms. The largest absolute Gasteiger partial charge is 0.0991 e. The molecule has 1 aromatic rings. The van der Waals surface area contributed by atoms with Gasteiger partial charge in [0.2, 0.25) is 0 Å². The van der Waals surface area contributed by atoms with Gasteiger partial charge in [0.15, 0.2) is 0 Å². The van der Waals surface area contributed by atoms with E-state index in [-0.39, 0.29) is 0 Å². The van der Waals surface area contributed by atoms with Gasteiger partial charge in [-0.2, -0.15) is 0 Å². The topological polar surface area (TPSA) is 0 Å². The highest BCUT2D eigenvalue weighted by atomic mass is 14.4. The Bertz CT molecular complexity index is 528. The highest BCUT2D eigenvalue weighted by Gasteiger charge is 2.40. The maximum absolute atomic E-state index is 3.36. The summed E-state index contributed by atoms with van der Waals surface area (Å²) in [5, 5.41) is 0. The molecule has 1 fully saturated rings. The number of allylic oxidation sites excluding steroid dienone is 4. The SMILES string of the molecule is C/C=C(\C)C1CC(C)(c2ccccc2)CCC1C(C)C.C=CC=C.CC.CC.CC.CC. The minimum absolute atomic E-state index is 0.349. The standard InChI is InChI=1S/C20H30.C4H6.4C2H6/c1-6-16(4)19-14-20(5,13-12-18(19)15(2)3)17-10-8-7-9-11-17;1-3-4-2;4*1-2/h6-11,15,18-19H,12-14H2,1-5H3;3-4H,1-2H2;4*1-2H3/b16-6+;;;;;. The fourth-order valence-corrected chi connectivity index (χ4v) is 4.04. The molecule has 188 valence electrons. The fourth-order valence-electron chi connectivity index (χ4n) is 4.04. The molecule has 0 aromatic heterocycles. The Hall–Kier alpha value is -1.56. The number of hydrogen-bond acceptors (Lipinski definition) is 0. The number of rotatable bonds is 4. The summed E-state index contributed by atoms with van der Waals surface area (Å²) < 4.78 is 0. The van der Waals surface area contributed by atoms with Crippen LogP contribution in [-0.2, 0) is 5.41 Å². The van der Waals surface area contributed by atoms with E-state index in [0.29, 0.717) is 5.41 Å². The zero-order valence-corrected chi connectivity index (χ0v) is 24.4. The average Bonchev–Trinajstić information content (AvgIpc) is 2.88. The van der Waals surface area contributed by atoms with Crippen LogP contribution < -0.4 is 0 Å². The van der Waals surface area contributed by atoms with Crippen LogP contribution in [0, 0.1) is 17.8 Å². The second-order valence-corrected chi connectivity index (χ2v) is 7.69. The lowest BCUT2D eigenvalue weighted by atomic mass is 9.59. The van der Waals surface area contributed by atoms with Crippen molar-refractivity contribution in [3.05, 3.63) is 72.9 Å². The molecule has 1 aliphatic carbocycles. The molecular weight excluding hydrogens is 384 g/mol.